The van der Waals surface area contributed by atoms with Crippen LogP contribution in [0.1, 0.15) is 5.56 Å². The fourth-order valence-corrected chi connectivity index (χ4v) is 3.73. The summed E-state index contributed by atoms with van der Waals surface area (Å²) in [6, 6.07) is 3.19. The van der Waals surface area contributed by atoms with Crippen LogP contribution < -0.4 is 14.5 Å². The molecule has 1 aliphatic rings. The summed E-state index contributed by atoms with van der Waals surface area (Å²) in [6.07, 6.45) is -2.63. The van der Waals surface area contributed by atoms with Gasteiger partial charge in [0.15, 0.2) is 5.82 Å². The van der Waals surface area contributed by atoms with Crippen LogP contribution in [0.15, 0.2) is 30.6 Å². The smallest absolute Gasteiger partial charge is 0.352 e. The lowest BCUT2D eigenvalue weighted by atomic mass is 10.2. The van der Waals surface area contributed by atoms with Crippen molar-refractivity contribution in [1.82, 2.24) is 9.97 Å². The van der Waals surface area contributed by atoms with Crippen molar-refractivity contribution in [2.75, 3.05) is 40.7 Å². The zero-order chi connectivity index (χ0) is 23.0. The lowest BCUT2D eigenvalue weighted by Crippen LogP contribution is -2.47. The Balaban J connectivity index is 1.75. The van der Waals surface area contributed by atoms with Crippen LogP contribution >= 0.6 is 11.6 Å². The monoisotopic (exact) mass is 489 g/mol. The van der Waals surface area contributed by atoms with E-state index < -0.39 is 27.3 Å². The van der Waals surface area contributed by atoms with Gasteiger partial charge >= 0.3 is 21.7 Å². The number of rotatable bonds is 4. The van der Waals surface area contributed by atoms with Gasteiger partial charge < -0.3 is 9.80 Å². The molecule has 1 N–H and O–H groups in total. The lowest BCUT2D eigenvalue weighted by molar-refractivity contribution is -0.137. The molecule has 3 heterocycles. The number of sulfonamides is 1. The first-order valence-corrected chi connectivity index (χ1v) is 10.4. The van der Waals surface area contributed by atoms with Crippen molar-refractivity contribution in [2.45, 2.75) is 11.7 Å². The highest BCUT2D eigenvalue weighted by Gasteiger charge is 2.46. The van der Waals surface area contributed by atoms with Crippen molar-refractivity contribution in [3.8, 4) is 0 Å². The summed E-state index contributed by atoms with van der Waals surface area (Å²) in [5.74, 6) is 0.120. The molecular formula is C16H14ClF6N5O2S. The van der Waals surface area contributed by atoms with Crippen LogP contribution in [-0.4, -0.2) is 50.1 Å². The minimum atomic E-state index is -5.63. The maximum absolute atomic E-state index is 12.8. The molecule has 1 fully saturated rings. The Kier molecular flexibility index (Phi) is 6.15. The Hall–Kier alpha value is -2.48. The van der Waals surface area contributed by atoms with E-state index in [0.29, 0.717) is 6.20 Å². The average Bonchev–Trinajstić information content (AvgIpc) is 2.67. The number of halogens is 7. The van der Waals surface area contributed by atoms with E-state index in [4.69, 9.17) is 11.6 Å². The molecule has 0 unspecified atom stereocenters. The number of nitrogens with zero attached hydrogens (tertiary/aromatic N) is 4. The van der Waals surface area contributed by atoms with Crippen LogP contribution in [0, 0.1) is 0 Å². The Morgan fingerprint density at radius 2 is 1.55 bits per heavy atom. The second-order valence-electron chi connectivity index (χ2n) is 6.43. The summed E-state index contributed by atoms with van der Waals surface area (Å²) in [4.78, 5) is 10.9. The number of hydrogen-bond donors (Lipinski definition) is 1. The number of alkyl halides is 6. The highest BCUT2D eigenvalue weighted by atomic mass is 35.5. The van der Waals surface area contributed by atoms with Crippen LogP contribution in [0.3, 0.4) is 0 Å². The molecule has 0 spiro atoms. The van der Waals surface area contributed by atoms with Crippen LogP contribution in [0.5, 0.6) is 0 Å². The summed E-state index contributed by atoms with van der Waals surface area (Å²) in [6.45, 7) is 0.772. The molecule has 2 aromatic rings. The van der Waals surface area contributed by atoms with Gasteiger partial charge in [0.1, 0.15) is 5.82 Å². The van der Waals surface area contributed by atoms with Crippen molar-refractivity contribution in [2.24, 2.45) is 0 Å². The van der Waals surface area contributed by atoms with Crippen LogP contribution in [-0.2, 0) is 16.2 Å². The van der Waals surface area contributed by atoms with Crippen LogP contribution in [0.25, 0.3) is 0 Å². The summed E-state index contributed by atoms with van der Waals surface area (Å²) < 4.78 is 101. The third-order valence-electron chi connectivity index (χ3n) is 4.36. The quantitative estimate of drug-likeness (QED) is 0.659. The maximum Gasteiger partial charge on any atom is 0.516 e. The van der Waals surface area contributed by atoms with Gasteiger partial charge in [-0.1, -0.05) is 11.6 Å². The zero-order valence-corrected chi connectivity index (χ0v) is 16.9. The number of nitrogens with one attached hydrogen (secondary N) is 1. The van der Waals surface area contributed by atoms with Crippen molar-refractivity contribution < 1.29 is 34.8 Å². The summed E-state index contributed by atoms with van der Waals surface area (Å²) in [5, 5.41) is -0.195. The largest absolute Gasteiger partial charge is 0.516 e. The van der Waals surface area contributed by atoms with Crippen molar-refractivity contribution in [3.05, 3.63) is 41.2 Å². The predicted octanol–water partition coefficient (Wildman–Crippen LogP) is 3.74. The molecule has 3 rings (SSSR count). The Labute approximate surface area is 177 Å². The molecule has 0 saturated carbocycles. The first-order chi connectivity index (χ1) is 14.3. The standard InChI is InChI=1S/C16H14ClF6N5O2S/c17-11-8-10(15(18,19)20)9-25-13(11)27-4-6-28(7-5-27)14-12(2-1-3-24-14)26-31(29,30)16(21,22)23/h1-3,8-9,26H,4-7H2. The first kappa shape index (κ1) is 23.2. The molecule has 1 saturated heterocycles. The molecular weight excluding hydrogens is 476 g/mol. The van der Waals surface area contributed by atoms with E-state index in [1.54, 1.807) is 9.80 Å². The number of hydrogen-bond acceptors (Lipinski definition) is 6. The Morgan fingerprint density at radius 3 is 2.06 bits per heavy atom. The Bertz CT molecular complexity index is 1060. The fourth-order valence-electron chi connectivity index (χ4n) is 2.88. The van der Waals surface area contributed by atoms with Crippen molar-refractivity contribution in [1.29, 1.82) is 0 Å². The number of piperazine rings is 1. The van der Waals surface area contributed by atoms with E-state index in [-0.39, 0.29) is 48.5 Å². The molecule has 1 aliphatic heterocycles. The minimum Gasteiger partial charge on any atom is -0.352 e. The number of aromatic nitrogens is 2. The van der Waals surface area contributed by atoms with Gasteiger partial charge in [0.2, 0.25) is 0 Å². The zero-order valence-electron chi connectivity index (χ0n) is 15.4. The van der Waals surface area contributed by atoms with E-state index in [1.165, 1.54) is 17.0 Å². The van der Waals surface area contributed by atoms with Gasteiger partial charge in [0.25, 0.3) is 0 Å². The SMILES string of the molecule is O=S(=O)(Nc1cccnc1N1CCN(c2ncc(C(F)(F)F)cc2Cl)CC1)C(F)(F)F. The third-order valence-corrected chi connectivity index (χ3v) is 5.74. The molecule has 0 aliphatic carbocycles. The van der Waals surface area contributed by atoms with E-state index in [9.17, 15) is 34.8 Å². The van der Waals surface area contributed by atoms with E-state index in [1.807, 2.05) is 0 Å². The van der Waals surface area contributed by atoms with E-state index >= 15 is 0 Å². The van der Waals surface area contributed by atoms with Gasteiger partial charge in [-0.3, -0.25) is 4.72 Å². The van der Waals surface area contributed by atoms with Gasteiger partial charge in [0.05, 0.1) is 16.3 Å². The highest BCUT2D eigenvalue weighted by molar-refractivity contribution is 7.93. The van der Waals surface area contributed by atoms with Crippen molar-refractivity contribution >= 4 is 38.9 Å². The second kappa shape index (κ2) is 8.22. The fraction of sp³-hybridized carbons (Fsp3) is 0.375. The van der Waals surface area contributed by atoms with E-state index in [2.05, 4.69) is 9.97 Å². The van der Waals surface area contributed by atoms with Gasteiger partial charge in [0, 0.05) is 38.6 Å². The molecule has 2 aromatic heterocycles. The van der Waals surface area contributed by atoms with Gasteiger partial charge in [-0.05, 0) is 18.2 Å². The summed E-state index contributed by atoms with van der Waals surface area (Å²) in [5.41, 5.74) is -6.84. The minimum absolute atomic E-state index is 0.0125. The van der Waals surface area contributed by atoms with Crippen LogP contribution in [0.2, 0.25) is 5.02 Å². The maximum atomic E-state index is 12.8. The van der Waals surface area contributed by atoms with Gasteiger partial charge in [-0.2, -0.15) is 34.8 Å². The third kappa shape index (κ3) is 5.06. The van der Waals surface area contributed by atoms with E-state index in [0.717, 1.165) is 12.1 Å². The average molecular weight is 490 g/mol. The van der Waals surface area contributed by atoms with Crippen molar-refractivity contribution in [3.63, 3.8) is 0 Å². The summed E-state index contributed by atoms with van der Waals surface area (Å²) >= 11 is 5.95. The lowest BCUT2D eigenvalue weighted by Gasteiger charge is -2.37. The number of anilines is 3. The summed E-state index contributed by atoms with van der Waals surface area (Å²) in [7, 11) is -5.63. The molecule has 0 radical (unpaired) electrons. The number of pyridine rings is 2. The molecule has 0 amide bonds. The van der Waals surface area contributed by atoms with Crippen LogP contribution in [0.4, 0.5) is 43.7 Å². The predicted molar refractivity (Wildman–Crippen MR) is 102 cm³/mol. The normalized spacial score (nSPS) is 15.8. The molecule has 0 bridgehead atoms. The molecule has 0 atom stereocenters. The molecule has 0 aromatic carbocycles. The van der Waals surface area contributed by atoms with Gasteiger partial charge in [-0.25, -0.2) is 9.97 Å². The Morgan fingerprint density at radius 1 is 0.968 bits per heavy atom. The topological polar surface area (TPSA) is 78.4 Å². The molecule has 15 heteroatoms. The first-order valence-electron chi connectivity index (χ1n) is 8.56. The second-order valence-corrected chi connectivity index (χ2v) is 8.51. The molecule has 170 valence electrons. The van der Waals surface area contributed by atoms with Gasteiger partial charge in [-0.15, -0.1) is 0 Å². The molecule has 7 nitrogen and oxygen atoms in total. The molecule has 31 heavy (non-hydrogen) atoms. The highest BCUT2D eigenvalue weighted by Crippen LogP contribution is 2.35.